The number of carbonyl (C=O) groups excluding carboxylic acids is 2. The van der Waals surface area contributed by atoms with Crippen LogP contribution in [0.4, 0.5) is 13.2 Å². The predicted molar refractivity (Wildman–Crippen MR) is 139 cm³/mol. The van der Waals surface area contributed by atoms with Gasteiger partial charge < -0.3 is 15.3 Å². The van der Waals surface area contributed by atoms with E-state index in [1.54, 1.807) is 29.2 Å². The van der Waals surface area contributed by atoms with Crippen LogP contribution in [0.25, 0.3) is 0 Å². The van der Waals surface area contributed by atoms with Crippen LogP contribution < -0.4 is 5.32 Å². The zero-order chi connectivity index (χ0) is 28.4. The number of carbonyl (C=O) groups is 3. The number of alkyl halides is 3. The molecule has 2 aromatic rings. The highest BCUT2D eigenvalue weighted by atomic mass is 19.4. The average Bonchev–Trinajstić information content (AvgIpc) is 3.18. The summed E-state index contributed by atoms with van der Waals surface area (Å²) in [4.78, 5) is 43.7. The molecule has 0 saturated heterocycles. The van der Waals surface area contributed by atoms with E-state index in [0.29, 0.717) is 36.3 Å². The minimum Gasteiger partial charge on any atom is -0.481 e. The molecule has 4 rings (SSSR count). The first-order valence-corrected chi connectivity index (χ1v) is 13.2. The number of carboxylic acids is 1. The largest absolute Gasteiger partial charge is 0.481 e. The number of hydrogen-bond acceptors (Lipinski definition) is 4. The van der Waals surface area contributed by atoms with E-state index in [2.05, 4.69) is 12.2 Å². The summed E-state index contributed by atoms with van der Waals surface area (Å²) in [6.07, 6.45) is -1.02. The van der Waals surface area contributed by atoms with Crippen molar-refractivity contribution in [2.75, 3.05) is 6.54 Å². The molecular weight excluding hydrogens is 511 g/mol. The van der Waals surface area contributed by atoms with Gasteiger partial charge in [-0.3, -0.25) is 19.4 Å². The van der Waals surface area contributed by atoms with E-state index in [9.17, 15) is 27.6 Å². The van der Waals surface area contributed by atoms with Crippen molar-refractivity contribution in [3.63, 3.8) is 0 Å². The second kappa shape index (κ2) is 11.2. The summed E-state index contributed by atoms with van der Waals surface area (Å²) in [7, 11) is 0. The lowest BCUT2D eigenvalue weighted by Gasteiger charge is -2.44. The van der Waals surface area contributed by atoms with E-state index < -0.39 is 29.3 Å². The predicted octanol–water partition coefficient (Wildman–Crippen LogP) is 5.60. The number of aliphatic imine (C=N–C) groups is 1. The van der Waals surface area contributed by atoms with Gasteiger partial charge in [-0.1, -0.05) is 38.1 Å². The highest BCUT2D eigenvalue weighted by molar-refractivity contribution is 6.46. The molecule has 1 aliphatic heterocycles. The van der Waals surface area contributed by atoms with Gasteiger partial charge in [0.15, 0.2) is 0 Å². The van der Waals surface area contributed by atoms with E-state index in [-0.39, 0.29) is 30.6 Å². The quantitative estimate of drug-likeness (QED) is 0.453. The lowest BCUT2D eigenvalue weighted by Crippen LogP contribution is -2.50. The average molecular weight is 544 g/mol. The monoisotopic (exact) mass is 543 g/mol. The zero-order valence-corrected chi connectivity index (χ0v) is 21.9. The first kappa shape index (κ1) is 28.3. The summed E-state index contributed by atoms with van der Waals surface area (Å²) >= 11 is 0. The summed E-state index contributed by atoms with van der Waals surface area (Å²) in [5, 5.41) is 11.3. The molecule has 39 heavy (non-hydrogen) atoms. The van der Waals surface area contributed by atoms with Gasteiger partial charge in [0.05, 0.1) is 18.0 Å². The third-order valence-electron chi connectivity index (χ3n) is 7.63. The molecule has 1 unspecified atom stereocenters. The molecule has 1 fully saturated rings. The van der Waals surface area contributed by atoms with Gasteiger partial charge in [0.2, 0.25) is 0 Å². The Labute approximate surface area is 225 Å². The van der Waals surface area contributed by atoms with Crippen molar-refractivity contribution in [1.82, 2.24) is 10.2 Å². The fourth-order valence-corrected chi connectivity index (χ4v) is 5.44. The Morgan fingerprint density at radius 2 is 1.72 bits per heavy atom. The molecule has 0 bridgehead atoms. The standard InChI is InChI=1S/C29H32F3N3O4/c1-3-23(19-4-6-21(7-5-19)26(38)33-17-14-24(36)37)35-27(39)25(34-28(35)15-12-18(2)13-16-28)20-8-10-22(11-9-20)29(30,31)32/h4-11,18,23H,3,12-17H2,1-2H3,(H,33,38)(H,36,37). The van der Waals surface area contributed by atoms with Gasteiger partial charge in [0.25, 0.3) is 11.8 Å². The van der Waals surface area contributed by atoms with Gasteiger partial charge >= 0.3 is 12.1 Å². The molecule has 10 heteroatoms. The highest BCUT2D eigenvalue weighted by Gasteiger charge is 2.51. The van der Waals surface area contributed by atoms with Crippen molar-refractivity contribution >= 4 is 23.5 Å². The molecule has 1 aliphatic carbocycles. The van der Waals surface area contributed by atoms with E-state index in [0.717, 1.165) is 30.5 Å². The van der Waals surface area contributed by atoms with Gasteiger partial charge in [0, 0.05) is 17.7 Å². The molecular formula is C29H32F3N3O4. The Balaban J connectivity index is 1.63. The second-order valence-electron chi connectivity index (χ2n) is 10.3. The number of hydrogen-bond donors (Lipinski definition) is 2. The van der Waals surface area contributed by atoms with Gasteiger partial charge in [-0.25, -0.2) is 0 Å². The summed E-state index contributed by atoms with van der Waals surface area (Å²) in [6, 6.07) is 11.0. The van der Waals surface area contributed by atoms with Crippen LogP contribution in [0.2, 0.25) is 0 Å². The smallest absolute Gasteiger partial charge is 0.416 e. The lowest BCUT2D eigenvalue weighted by atomic mass is 9.81. The Bertz CT molecular complexity index is 1250. The number of carboxylic acid groups (broad SMARTS) is 1. The number of benzene rings is 2. The first-order chi connectivity index (χ1) is 18.4. The molecule has 7 nitrogen and oxygen atoms in total. The number of nitrogens with one attached hydrogen (secondary N) is 1. The van der Waals surface area contributed by atoms with Crippen LogP contribution >= 0.6 is 0 Å². The molecule has 1 atom stereocenters. The van der Waals surface area contributed by atoms with Gasteiger partial charge in [0.1, 0.15) is 11.4 Å². The minimum absolute atomic E-state index is 0.0147. The number of halogens is 3. The Morgan fingerprint density at radius 1 is 1.10 bits per heavy atom. The SMILES string of the molecule is CCC(c1ccc(C(=O)NCCC(=O)O)cc1)N1C(=O)C(c2ccc(C(F)(F)F)cc2)=NC12CCC(C)CC2. The topological polar surface area (TPSA) is 99.1 Å². The molecule has 208 valence electrons. The number of aliphatic carboxylic acids is 1. The van der Waals surface area contributed by atoms with Crippen LogP contribution in [-0.2, 0) is 15.8 Å². The van der Waals surface area contributed by atoms with E-state index in [1.165, 1.54) is 12.1 Å². The van der Waals surface area contributed by atoms with Crippen LogP contribution in [0.3, 0.4) is 0 Å². The first-order valence-electron chi connectivity index (χ1n) is 13.2. The normalized spacial score (nSPS) is 22.1. The van der Waals surface area contributed by atoms with Crippen molar-refractivity contribution < 1.29 is 32.7 Å². The summed E-state index contributed by atoms with van der Waals surface area (Å²) in [6.45, 7) is 4.13. The van der Waals surface area contributed by atoms with Gasteiger partial charge in [-0.05, 0) is 67.9 Å². The molecule has 2 amide bonds. The van der Waals surface area contributed by atoms with Crippen molar-refractivity contribution in [3.8, 4) is 0 Å². The van der Waals surface area contributed by atoms with Crippen LogP contribution in [0.5, 0.6) is 0 Å². The van der Waals surface area contributed by atoms with Gasteiger partial charge in [-0.2, -0.15) is 13.2 Å². The maximum Gasteiger partial charge on any atom is 0.416 e. The molecule has 2 aliphatic rings. The highest BCUT2D eigenvalue weighted by Crippen LogP contribution is 2.46. The van der Waals surface area contributed by atoms with E-state index in [4.69, 9.17) is 10.1 Å². The van der Waals surface area contributed by atoms with Crippen LogP contribution in [0, 0.1) is 5.92 Å². The second-order valence-corrected chi connectivity index (χ2v) is 10.3. The summed E-state index contributed by atoms with van der Waals surface area (Å²) in [5.41, 5.74) is 0.149. The zero-order valence-electron chi connectivity index (χ0n) is 21.9. The third-order valence-corrected chi connectivity index (χ3v) is 7.63. The maximum atomic E-state index is 13.9. The Hall–Kier alpha value is -3.69. The molecule has 1 spiro atoms. The van der Waals surface area contributed by atoms with Crippen molar-refractivity contribution in [2.45, 2.75) is 70.3 Å². The molecule has 1 heterocycles. The molecule has 0 aromatic heterocycles. The Kier molecular flexibility index (Phi) is 8.13. The van der Waals surface area contributed by atoms with Gasteiger partial charge in [-0.15, -0.1) is 0 Å². The number of amides is 2. The summed E-state index contributed by atoms with van der Waals surface area (Å²) in [5.74, 6) is -1.22. The third kappa shape index (κ3) is 5.99. The molecule has 1 saturated carbocycles. The molecule has 2 aromatic carbocycles. The maximum absolute atomic E-state index is 13.9. The van der Waals surface area contributed by atoms with Crippen molar-refractivity contribution in [1.29, 1.82) is 0 Å². The van der Waals surface area contributed by atoms with E-state index >= 15 is 0 Å². The van der Waals surface area contributed by atoms with E-state index in [1.807, 2.05) is 6.92 Å². The number of nitrogens with zero attached hydrogens (tertiary/aromatic N) is 2. The number of rotatable bonds is 8. The summed E-state index contributed by atoms with van der Waals surface area (Å²) < 4.78 is 39.3. The molecule has 0 radical (unpaired) electrons. The Morgan fingerprint density at radius 3 is 2.26 bits per heavy atom. The van der Waals surface area contributed by atoms with Crippen LogP contribution in [-0.4, -0.2) is 45.7 Å². The lowest BCUT2D eigenvalue weighted by molar-refractivity contribution is -0.138. The van der Waals surface area contributed by atoms with Crippen LogP contribution in [0.15, 0.2) is 53.5 Å². The fraction of sp³-hybridized carbons (Fsp3) is 0.448. The van der Waals surface area contributed by atoms with Crippen molar-refractivity contribution in [3.05, 3.63) is 70.8 Å². The van der Waals surface area contributed by atoms with Crippen LogP contribution in [0.1, 0.15) is 85.5 Å². The molecule has 2 N–H and O–H groups in total. The fourth-order valence-electron chi connectivity index (χ4n) is 5.44. The minimum atomic E-state index is -4.47. The van der Waals surface area contributed by atoms with Crippen molar-refractivity contribution in [2.24, 2.45) is 10.9 Å².